The first-order chi connectivity index (χ1) is 7.83. The summed E-state index contributed by atoms with van der Waals surface area (Å²) < 4.78 is 2.11. The summed E-state index contributed by atoms with van der Waals surface area (Å²) in [6.45, 7) is 2.09. The smallest absolute Gasteiger partial charge is 0.138 e. The number of rotatable bonds is 5. The van der Waals surface area contributed by atoms with Gasteiger partial charge in [-0.1, -0.05) is 6.07 Å². The van der Waals surface area contributed by atoms with E-state index in [-0.39, 0.29) is 0 Å². The molecule has 0 spiro atoms. The second-order valence-corrected chi connectivity index (χ2v) is 3.92. The van der Waals surface area contributed by atoms with E-state index in [0.29, 0.717) is 0 Å². The first-order valence-corrected chi connectivity index (χ1v) is 5.61. The van der Waals surface area contributed by atoms with Crippen LogP contribution in [-0.4, -0.2) is 36.6 Å². The van der Waals surface area contributed by atoms with Crippen LogP contribution in [0.2, 0.25) is 0 Å². The molecule has 0 aliphatic heterocycles. The average molecular weight is 218 g/mol. The third-order valence-corrected chi connectivity index (χ3v) is 2.72. The van der Waals surface area contributed by atoms with Crippen LogP contribution >= 0.6 is 0 Å². The SMILES string of the molecule is CNCCCN(C)c1cccc2nccn12. The number of nitrogens with zero attached hydrogens (tertiary/aromatic N) is 3. The van der Waals surface area contributed by atoms with Crippen LogP contribution in [0.5, 0.6) is 0 Å². The molecule has 0 unspecified atom stereocenters. The molecule has 0 atom stereocenters. The highest BCUT2D eigenvalue weighted by atomic mass is 15.2. The van der Waals surface area contributed by atoms with Gasteiger partial charge in [-0.3, -0.25) is 4.40 Å². The molecule has 16 heavy (non-hydrogen) atoms. The van der Waals surface area contributed by atoms with Gasteiger partial charge in [-0.15, -0.1) is 0 Å². The van der Waals surface area contributed by atoms with Gasteiger partial charge in [0.25, 0.3) is 0 Å². The van der Waals surface area contributed by atoms with Gasteiger partial charge >= 0.3 is 0 Å². The molecule has 0 aliphatic rings. The Labute approximate surface area is 95.9 Å². The minimum atomic E-state index is 0.998. The van der Waals surface area contributed by atoms with Gasteiger partial charge < -0.3 is 10.2 Å². The zero-order valence-electron chi connectivity index (χ0n) is 9.85. The second-order valence-electron chi connectivity index (χ2n) is 3.92. The Hall–Kier alpha value is -1.55. The van der Waals surface area contributed by atoms with E-state index in [9.17, 15) is 0 Å². The van der Waals surface area contributed by atoms with Crippen LogP contribution in [0.3, 0.4) is 0 Å². The van der Waals surface area contributed by atoms with E-state index in [2.05, 4.69) is 32.7 Å². The zero-order chi connectivity index (χ0) is 11.4. The molecular formula is C12H18N4. The predicted octanol–water partition coefficient (Wildman–Crippen LogP) is 1.38. The summed E-state index contributed by atoms with van der Waals surface area (Å²) in [4.78, 5) is 6.54. The summed E-state index contributed by atoms with van der Waals surface area (Å²) in [5.74, 6) is 1.19. The minimum Gasteiger partial charge on any atom is -0.361 e. The molecule has 0 amide bonds. The van der Waals surface area contributed by atoms with Crippen molar-refractivity contribution in [1.29, 1.82) is 0 Å². The van der Waals surface area contributed by atoms with Gasteiger partial charge in [0, 0.05) is 26.0 Å². The maximum atomic E-state index is 4.28. The number of imidazole rings is 1. The fourth-order valence-corrected chi connectivity index (χ4v) is 1.85. The summed E-state index contributed by atoms with van der Waals surface area (Å²) in [5, 5.41) is 3.16. The Balaban J connectivity index is 2.15. The molecule has 1 N–H and O–H groups in total. The fraction of sp³-hybridized carbons (Fsp3) is 0.417. The predicted molar refractivity (Wildman–Crippen MR) is 67.0 cm³/mol. The first kappa shape index (κ1) is 11.0. The topological polar surface area (TPSA) is 32.6 Å². The van der Waals surface area contributed by atoms with Gasteiger partial charge in [0.05, 0.1) is 0 Å². The van der Waals surface area contributed by atoms with Crippen molar-refractivity contribution in [3.05, 3.63) is 30.6 Å². The Morgan fingerprint density at radius 3 is 3.12 bits per heavy atom. The van der Waals surface area contributed by atoms with E-state index in [1.54, 1.807) is 0 Å². The number of nitrogens with one attached hydrogen (secondary N) is 1. The molecule has 4 heteroatoms. The molecule has 0 aliphatic carbocycles. The van der Waals surface area contributed by atoms with E-state index in [4.69, 9.17) is 0 Å². The standard InChI is InChI=1S/C12H18N4/c1-13-7-4-9-15(2)12-6-3-5-11-14-8-10-16(11)12/h3,5-6,8,10,13H,4,7,9H2,1-2H3. The van der Waals surface area contributed by atoms with Gasteiger partial charge in [-0.05, 0) is 32.1 Å². The summed E-state index contributed by atoms with van der Waals surface area (Å²) in [6.07, 6.45) is 4.97. The molecule has 0 fully saturated rings. The number of fused-ring (bicyclic) bond motifs is 1. The molecule has 0 aromatic carbocycles. The highest BCUT2D eigenvalue weighted by Crippen LogP contribution is 2.14. The lowest BCUT2D eigenvalue weighted by molar-refractivity contribution is 0.707. The number of hydrogen-bond acceptors (Lipinski definition) is 3. The van der Waals surface area contributed by atoms with Gasteiger partial charge in [0.2, 0.25) is 0 Å². The van der Waals surface area contributed by atoms with Crippen LogP contribution in [0, 0.1) is 0 Å². The molecule has 4 nitrogen and oxygen atoms in total. The Bertz CT molecular complexity index is 449. The van der Waals surface area contributed by atoms with E-state index in [1.165, 1.54) is 5.82 Å². The average Bonchev–Trinajstić information content (AvgIpc) is 2.76. The van der Waals surface area contributed by atoms with Crippen molar-refractivity contribution in [3.8, 4) is 0 Å². The lowest BCUT2D eigenvalue weighted by Gasteiger charge is -2.20. The molecule has 2 aromatic heterocycles. The normalized spacial score (nSPS) is 10.9. The second kappa shape index (κ2) is 4.99. The lowest BCUT2D eigenvalue weighted by atomic mass is 10.3. The molecule has 0 saturated carbocycles. The van der Waals surface area contributed by atoms with Crippen LogP contribution in [0.25, 0.3) is 5.65 Å². The van der Waals surface area contributed by atoms with Crippen molar-refractivity contribution in [2.45, 2.75) is 6.42 Å². The quantitative estimate of drug-likeness (QED) is 0.770. The molecule has 2 heterocycles. The Morgan fingerprint density at radius 2 is 2.31 bits per heavy atom. The molecule has 0 radical (unpaired) electrons. The number of hydrogen-bond donors (Lipinski definition) is 1. The van der Waals surface area contributed by atoms with Gasteiger partial charge in [0.1, 0.15) is 11.5 Å². The van der Waals surface area contributed by atoms with Crippen LogP contribution in [-0.2, 0) is 0 Å². The van der Waals surface area contributed by atoms with Gasteiger partial charge in [0.15, 0.2) is 0 Å². The van der Waals surface area contributed by atoms with Crippen molar-refractivity contribution in [1.82, 2.24) is 14.7 Å². The van der Waals surface area contributed by atoms with E-state index >= 15 is 0 Å². The molecule has 2 aromatic rings. The monoisotopic (exact) mass is 218 g/mol. The maximum Gasteiger partial charge on any atom is 0.138 e. The van der Waals surface area contributed by atoms with Crippen LogP contribution < -0.4 is 10.2 Å². The van der Waals surface area contributed by atoms with Crippen molar-refractivity contribution < 1.29 is 0 Å². The fourth-order valence-electron chi connectivity index (χ4n) is 1.85. The first-order valence-electron chi connectivity index (χ1n) is 5.61. The van der Waals surface area contributed by atoms with E-state index in [1.807, 2.05) is 31.6 Å². The van der Waals surface area contributed by atoms with Crippen LogP contribution in [0.15, 0.2) is 30.6 Å². The van der Waals surface area contributed by atoms with Gasteiger partial charge in [-0.25, -0.2) is 4.98 Å². The summed E-state index contributed by atoms with van der Waals surface area (Å²) in [7, 11) is 4.10. The molecule has 2 rings (SSSR count). The Kier molecular flexibility index (Phi) is 3.41. The largest absolute Gasteiger partial charge is 0.361 e. The molecular weight excluding hydrogens is 200 g/mol. The van der Waals surface area contributed by atoms with Gasteiger partial charge in [-0.2, -0.15) is 0 Å². The zero-order valence-corrected chi connectivity index (χ0v) is 9.85. The van der Waals surface area contributed by atoms with Crippen LogP contribution in [0.1, 0.15) is 6.42 Å². The van der Waals surface area contributed by atoms with Crippen molar-refractivity contribution >= 4 is 11.5 Å². The summed E-state index contributed by atoms with van der Waals surface area (Å²) >= 11 is 0. The summed E-state index contributed by atoms with van der Waals surface area (Å²) in [5.41, 5.74) is 0.998. The lowest BCUT2D eigenvalue weighted by Crippen LogP contribution is -2.23. The van der Waals surface area contributed by atoms with Crippen LogP contribution in [0.4, 0.5) is 5.82 Å². The maximum absolute atomic E-state index is 4.28. The molecule has 86 valence electrons. The van der Waals surface area contributed by atoms with Crippen molar-refractivity contribution in [3.63, 3.8) is 0 Å². The number of aromatic nitrogens is 2. The highest BCUT2D eigenvalue weighted by Gasteiger charge is 2.04. The number of anilines is 1. The Morgan fingerprint density at radius 1 is 1.44 bits per heavy atom. The third kappa shape index (κ3) is 2.17. The van der Waals surface area contributed by atoms with E-state index in [0.717, 1.165) is 25.2 Å². The van der Waals surface area contributed by atoms with Crippen molar-refractivity contribution in [2.75, 3.05) is 32.1 Å². The number of pyridine rings is 1. The molecule has 0 saturated heterocycles. The summed E-state index contributed by atoms with van der Waals surface area (Å²) in [6, 6.07) is 6.19. The third-order valence-electron chi connectivity index (χ3n) is 2.72. The molecule has 0 bridgehead atoms. The van der Waals surface area contributed by atoms with Crippen molar-refractivity contribution in [2.24, 2.45) is 0 Å². The minimum absolute atomic E-state index is 0.998. The van der Waals surface area contributed by atoms with E-state index < -0.39 is 0 Å². The highest BCUT2D eigenvalue weighted by molar-refractivity contribution is 5.50.